The topological polar surface area (TPSA) is 106 Å². The number of nitrogens with zero attached hydrogens (tertiary/aromatic N) is 3. The molecule has 2 rings (SSSR count). The summed E-state index contributed by atoms with van der Waals surface area (Å²) in [6.45, 7) is 0.577. The second-order valence-corrected chi connectivity index (χ2v) is 6.65. The summed E-state index contributed by atoms with van der Waals surface area (Å²) >= 11 is 3.03. The molecule has 106 valence electrons. The Balaban J connectivity index is 2.24. The molecule has 2 heterocycles. The highest BCUT2D eigenvalue weighted by Crippen LogP contribution is 2.19. The van der Waals surface area contributed by atoms with Crippen LogP contribution in [0.5, 0.6) is 0 Å². The molecule has 1 fully saturated rings. The van der Waals surface area contributed by atoms with Crippen molar-refractivity contribution in [3.8, 4) is 0 Å². The van der Waals surface area contributed by atoms with E-state index in [-0.39, 0.29) is 15.5 Å². The van der Waals surface area contributed by atoms with Crippen molar-refractivity contribution in [3.63, 3.8) is 0 Å². The van der Waals surface area contributed by atoms with Crippen LogP contribution < -0.4 is 10.0 Å². The van der Waals surface area contributed by atoms with Gasteiger partial charge in [0.25, 0.3) is 10.0 Å². The van der Waals surface area contributed by atoms with Crippen LogP contribution in [0.3, 0.4) is 0 Å². The van der Waals surface area contributed by atoms with Gasteiger partial charge < -0.3 is 5.32 Å². The summed E-state index contributed by atoms with van der Waals surface area (Å²) in [4.78, 5) is 11.7. The predicted molar refractivity (Wildman–Crippen MR) is 69.7 cm³/mol. The number of nitrogens with one attached hydrogen (secondary N) is 2. The molecule has 0 saturated carbocycles. The van der Waals surface area contributed by atoms with E-state index in [1.807, 2.05) is 0 Å². The molecule has 1 aromatic heterocycles. The minimum atomic E-state index is -3.85. The lowest BCUT2D eigenvalue weighted by Gasteiger charge is -2.15. The zero-order chi connectivity index (χ0) is 14.0. The Kier molecular flexibility index (Phi) is 4.21. The molecule has 19 heavy (non-hydrogen) atoms. The fourth-order valence-electron chi connectivity index (χ4n) is 1.90. The highest BCUT2D eigenvalue weighted by atomic mass is 79.9. The second kappa shape index (κ2) is 5.55. The number of carbonyl (C=O) groups excluding carboxylic acids is 1. The molecule has 1 aliphatic heterocycles. The van der Waals surface area contributed by atoms with Gasteiger partial charge in [-0.15, -0.1) is 5.10 Å². The van der Waals surface area contributed by atoms with E-state index in [9.17, 15) is 13.2 Å². The van der Waals surface area contributed by atoms with Gasteiger partial charge in [-0.25, -0.2) is 13.1 Å². The van der Waals surface area contributed by atoms with Crippen molar-refractivity contribution in [1.29, 1.82) is 0 Å². The number of sulfonamides is 1. The smallest absolute Gasteiger partial charge is 0.261 e. The van der Waals surface area contributed by atoms with Crippen LogP contribution in [0.4, 0.5) is 0 Å². The lowest BCUT2D eigenvalue weighted by Crippen LogP contribution is -2.45. The van der Waals surface area contributed by atoms with Crippen molar-refractivity contribution in [3.05, 3.63) is 4.60 Å². The Labute approximate surface area is 119 Å². The average molecular weight is 352 g/mol. The van der Waals surface area contributed by atoms with Gasteiger partial charge in [-0.3, -0.25) is 4.79 Å². The minimum absolute atomic E-state index is 0.0930. The number of amides is 1. The van der Waals surface area contributed by atoms with Crippen molar-refractivity contribution >= 4 is 31.9 Å². The Bertz CT molecular complexity index is 565. The molecule has 2 N–H and O–H groups in total. The first kappa shape index (κ1) is 14.4. The van der Waals surface area contributed by atoms with E-state index >= 15 is 0 Å². The molecule has 0 bridgehead atoms. The normalized spacial score (nSPS) is 20.9. The van der Waals surface area contributed by atoms with Gasteiger partial charge in [0, 0.05) is 13.6 Å². The van der Waals surface area contributed by atoms with E-state index in [4.69, 9.17) is 0 Å². The quantitative estimate of drug-likeness (QED) is 0.765. The third-order valence-corrected chi connectivity index (χ3v) is 5.18. The maximum absolute atomic E-state index is 12.2. The Morgan fingerprint density at radius 3 is 2.84 bits per heavy atom. The average Bonchev–Trinajstić information content (AvgIpc) is 2.54. The van der Waals surface area contributed by atoms with Crippen molar-refractivity contribution < 1.29 is 13.2 Å². The maximum Gasteiger partial charge on any atom is 0.261 e. The zero-order valence-electron chi connectivity index (χ0n) is 10.3. The first-order chi connectivity index (χ1) is 8.92. The van der Waals surface area contributed by atoms with E-state index in [0.717, 1.165) is 17.5 Å². The van der Waals surface area contributed by atoms with Crippen molar-refractivity contribution in [2.75, 3.05) is 6.54 Å². The van der Waals surface area contributed by atoms with E-state index < -0.39 is 16.1 Å². The second-order valence-electron chi connectivity index (χ2n) is 4.27. The van der Waals surface area contributed by atoms with Gasteiger partial charge in [-0.2, -0.15) is 4.72 Å². The molecule has 0 radical (unpaired) electrons. The highest BCUT2D eigenvalue weighted by molar-refractivity contribution is 9.10. The largest absolute Gasteiger partial charge is 0.355 e. The van der Waals surface area contributed by atoms with Crippen molar-refractivity contribution in [2.45, 2.75) is 30.3 Å². The van der Waals surface area contributed by atoms with Gasteiger partial charge in [0.15, 0.2) is 4.60 Å². The summed E-state index contributed by atoms with van der Waals surface area (Å²) in [7, 11) is -2.38. The summed E-state index contributed by atoms with van der Waals surface area (Å²) < 4.78 is 28.1. The molecule has 8 nitrogen and oxygen atoms in total. The summed E-state index contributed by atoms with van der Waals surface area (Å²) in [5, 5.41) is 9.82. The molecule has 10 heteroatoms. The Hall–Kier alpha value is -1.00. The molecule has 1 aliphatic rings. The standard InChI is InChI=1S/C9H14BrN5O3S/c1-15-9(7(10)12-14-15)19(17,18)13-6-4-2-3-5-11-8(6)16/h6,13H,2-5H2,1H3,(H,11,16). The molecule has 0 spiro atoms. The molecule has 1 aromatic rings. The number of halogens is 1. The molecule has 1 amide bonds. The molecular formula is C9H14BrN5O3S. The number of hydrogen-bond donors (Lipinski definition) is 2. The van der Waals surface area contributed by atoms with Crippen molar-refractivity contribution in [2.24, 2.45) is 7.05 Å². The van der Waals surface area contributed by atoms with Crippen LogP contribution in [0.2, 0.25) is 0 Å². The molecule has 1 unspecified atom stereocenters. The molecule has 0 aliphatic carbocycles. The molecule has 1 atom stereocenters. The molecule has 1 saturated heterocycles. The number of aromatic nitrogens is 3. The van der Waals surface area contributed by atoms with Crippen LogP contribution in [-0.4, -0.2) is 41.9 Å². The number of carbonyl (C=O) groups is 1. The van der Waals surface area contributed by atoms with E-state index in [1.165, 1.54) is 7.05 Å². The first-order valence-electron chi connectivity index (χ1n) is 5.77. The van der Waals surface area contributed by atoms with Crippen LogP contribution in [0.1, 0.15) is 19.3 Å². The molecule has 0 aromatic carbocycles. The van der Waals surface area contributed by atoms with Gasteiger partial charge in [-0.05, 0) is 35.2 Å². The van der Waals surface area contributed by atoms with Crippen LogP contribution in [-0.2, 0) is 21.9 Å². The summed E-state index contributed by atoms with van der Waals surface area (Å²) in [6, 6.07) is -0.755. The monoisotopic (exact) mass is 351 g/mol. The predicted octanol–water partition coefficient (Wildman–Crippen LogP) is -0.475. The lowest BCUT2D eigenvalue weighted by molar-refractivity contribution is -0.122. The number of rotatable bonds is 3. The SMILES string of the molecule is Cn1nnc(Br)c1S(=O)(=O)NC1CCCCNC1=O. The third-order valence-electron chi connectivity index (χ3n) is 2.82. The minimum Gasteiger partial charge on any atom is -0.355 e. The van der Waals surface area contributed by atoms with Gasteiger partial charge in [-0.1, -0.05) is 5.21 Å². The third kappa shape index (κ3) is 3.12. The van der Waals surface area contributed by atoms with Crippen molar-refractivity contribution in [1.82, 2.24) is 25.0 Å². The Morgan fingerprint density at radius 1 is 1.47 bits per heavy atom. The molecular weight excluding hydrogens is 338 g/mol. The fourth-order valence-corrected chi connectivity index (χ4v) is 4.23. The number of aryl methyl sites for hydroxylation is 1. The van der Waals surface area contributed by atoms with Crippen LogP contribution >= 0.6 is 15.9 Å². The van der Waals surface area contributed by atoms with Gasteiger partial charge in [0.05, 0.1) is 0 Å². The number of hydrogen-bond acceptors (Lipinski definition) is 5. The van der Waals surface area contributed by atoms with Crippen LogP contribution in [0, 0.1) is 0 Å². The van der Waals surface area contributed by atoms with E-state index in [1.54, 1.807) is 0 Å². The van der Waals surface area contributed by atoms with Gasteiger partial charge >= 0.3 is 0 Å². The maximum atomic E-state index is 12.2. The van der Waals surface area contributed by atoms with E-state index in [2.05, 4.69) is 36.3 Å². The van der Waals surface area contributed by atoms with Gasteiger partial charge in [0.2, 0.25) is 10.9 Å². The van der Waals surface area contributed by atoms with Crippen LogP contribution in [0.15, 0.2) is 9.63 Å². The van der Waals surface area contributed by atoms with Gasteiger partial charge in [0.1, 0.15) is 6.04 Å². The summed E-state index contributed by atoms with van der Waals surface area (Å²) in [5.41, 5.74) is 0. The lowest BCUT2D eigenvalue weighted by atomic mass is 10.1. The Morgan fingerprint density at radius 2 is 2.21 bits per heavy atom. The highest BCUT2D eigenvalue weighted by Gasteiger charge is 2.30. The fraction of sp³-hybridized carbons (Fsp3) is 0.667. The first-order valence-corrected chi connectivity index (χ1v) is 8.04. The van der Waals surface area contributed by atoms with Crippen LogP contribution in [0.25, 0.3) is 0 Å². The summed E-state index contributed by atoms with van der Waals surface area (Å²) in [5.74, 6) is -0.299. The van der Waals surface area contributed by atoms with E-state index in [0.29, 0.717) is 13.0 Å². The summed E-state index contributed by atoms with van der Waals surface area (Å²) in [6.07, 6.45) is 2.12. The zero-order valence-corrected chi connectivity index (χ0v) is 12.7.